The fourth-order valence-electron chi connectivity index (χ4n) is 3.07. The van der Waals surface area contributed by atoms with E-state index in [1.54, 1.807) is 0 Å². The normalized spacial score (nSPS) is 26.5. The third kappa shape index (κ3) is 2.74. The molecule has 1 unspecified atom stereocenters. The summed E-state index contributed by atoms with van der Waals surface area (Å²) in [6, 6.07) is -0.234. The van der Waals surface area contributed by atoms with Gasteiger partial charge in [0.15, 0.2) is 0 Å². The number of piperazine rings is 1. The predicted molar refractivity (Wildman–Crippen MR) is 62.4 cm³/mol. The summed E-state index contributed by atoms with van der Waals surface area (Å²) >= 11 is 0. The van der Waals surface area contributed by atoms with Gasteiger partial charge in [-0.25, -0.2) is 0 Å². The molecule has 4 nitrogen and oxygen atoms in total. The first-order valence-corrected chi connectivity index (χ1v) is 6.46. The molecule has 1 saturated carbocycles. The van der Waals surface area contributed by atoms with Gasteiger partial charge in [-0.2, -0.15) is 0 Å². The van der Waals surface area contributed by atoms with Crippen LogP contribution in [0.5, 0.6) is 0 Å². The topological polar surface area (TPSA) is 52.6 Å². The first kappa shape index (κ1) is 11.9. The molecular formula is C12H22N2O2. The zero-order valence-electron chi connectivity index (χ0n) is 9.82. The van der Waals surface area contributed by atoms with Gasteiger partial charge in [0, 0.05) is 26.2 Å². The van der Waals surface area contributed by atoms with Gasteiger partial charge in [-0.3, -0.25) is 9.69 Å². The number of rotatable bonds is 3. The third-order valence-corrected chi connectivity index (χ3v) is 3.89. The van der Waals surface area contributed by atoms with Gasteiger partial charge < -0.3 is 10.4 Å². The fourth-order valence-corrected chi connectivity index (χ4v) is 3.07. The van der Waals surface area contributed by atoms with E-state index < -0.39 is 5.97 Å². The molecule has 4 heteroatoms. The molecule has 0 aromatic carbocycles. The standard InChI is InChI=1S/C12H22N2O2/c15-12(16)11(10-4-2-1-3-5-10)14-8-6-13-7-9-14/h10-11,13H,1-9H2,(H,15,16). The largest absolute Gasteiger partial charge is 0.480 e. The molecule has 1 saturated heterocycles. The molecule has 2 rings (SSSR count). The van der Waals surface area contributed by atoms with Crippen molar-refractivity contribution in [1.82, 2.24) is 10.2 Å². The summed E-state index contributed by atoms with van der Waals surface area (Å²) in [6.07, 6.45) is 5.90. The Morgan fingerprint density at radius 3 is 2.38 bits per heavy atom. The SMILES string of the molecule is O=C(O)C(C1CCCCC1)N1CCNCC1. The van der Waals surface area contributed by atoms with Gasteiger partial charge in [-0.15, -0.1) is 0 Å². The monoisotopic (exact) mass is 226 g/mol. The minimum Gasteiger partial charge on any atom is -0.480 e. The Kier molecular flexibility index (Phi) is 4.18. The van der Waals surface area contributed by atoms with Crippen molar-refractivity contribution < 1.29 is 9.90 Å². The van der Waals surface area contributed by atoms with Crippen LogP contribution in [0, 0.1) is 5.92 Å². The number of carboxylic acid groups (broad SMARTS) is 1. The Balaban J connectivity index is 1.99. The summed E-state index contributed by atoms with van der Waals surface area (Å²) in [6.45, 7) is 3.62. The van der Waals surface area contributed by atoms with E-state index in [1.807, 2.05) is 0 Å². The van der Waals surface area contributed by atoms with Crippen molar-refractivity contribution in [1.29, 1.82) is 0 Å². The van der Waals surface area contributed by atoms with Crippen LogP contribution in [0.2, 0.25) is 0 Å². The van der Waals surface area contributed by atoms with Gasteiger partial charge in [-0.05, 0) is 18.8 Å². The molecule has 1 atom stereocenters. The Labute approximate surface area is 97.0 Å². The van der Waals surface area contributed by atoms with E-state index in [-0.39, 0.29) is 6.04 Å². The van der Waals surface area contributed by atoms with E-state index in [0.717, 1.165) is 39.0 Å². The second kappa shape index (κ2) is 5.64. The second-order valence-electron chi connectivity index (χ2n) is 4.97. The van der Waals surface area contributed by atoms with Crippen LogP contribution in [0.1, 0.15) is 32.1 Å². The van der Waals surface area contributed by atoms with Crippen LogP contribution >= 0.6 is 0 Å². The van der Waals surface area contributed by atoms with Gasteiger partial charge in [-0.1, -0.05) is 19.3 Å². The van der Waals surface area contributed by atoms with E-state index in [0.29, 0.717) is 5.92 Å². The minimum atomic E-state index is -0.617. The maximum atomic E-state index is 11.4. The molecule has 1 aliphatic carbocycles. The highest BCUT2D eigenvalue weighted by atomic mass is 16.4. The first-order valence-electron chi connectivity index (χ1n) is 6.46. The lowest BCUT2D eigenvalue weighted by Gasteiger charge is -2.38. The van der Waals surface area contributed by atoms with Gasteiger partial charge in [0.25, 0.3) is 0 Å². The molecule has 2 fully saturated rings. The van der Waals surface area contributed by atoms with Crippen LogP contribution in [0.3, 0.4) is 0 Å². The van der Waals surface area contributed by atoms with Crippen molar-refractivity contribution in [2.24, 2.45) is 5.92 Å². The van der Waals surface area contributed by atoms with Crippen molar-refractivity contribution in [3.8, 4) is 0 Å². The lowest BCUT2D eigenvalue weighted by Crippen LogP contribution is -2.54. The zero-order valence-corrected chi connectivity index (χ0v) is 9.82. The Morgan fingerprint density at radius 1 is 1.19 bits per heavy atom. The fraction of sp³-hybridized carbons (Fsp3) is 0.917. The molecule has 0 amide bonds. The minimum absolute atomic E-state index is 0.234. The van der Waals surface area contributed by atoms with Crippen molar-refractivity contribution in [3.63, 3.8) is 0 Å². The molecule has 2 N–H and O–H groups in total. The van der Waals surface area contributed by atoms with E-state index in [9.17, 15) is 9.90 Å². The van der Waals surface area contributed by atoms with Crippen LogP contribution < -0.4 is 5.32 Å². The molecule has 92 valence electrons. The highest BCUT2D eigenvalue weighted by molar-refractivity contribution is 5.74. The number of carbonyl (C=O) groups is 1. The van der Waals surface area contributed by atoms with Crippen LogP contribution in [-0.4, -0.2) is 48.2 Å². The highest BCUT2D eigenvalue weighted by Gasteiger charge is 2.34. The third-order valence-electron chi connectivity index (χ3n) is 3.89. The Morgan fingerprint density at radius 2 is 1.81 bits per heavy atom. The summed E-state index contributed by atoms with van der Waals surface area (Å²) in [5.41, 5.74) is 0. The molecule has 0 aromatic rings. The summed E-state index contributed by atoms with van der Waals surface area (Å²) in [4.78, 5) is 13.6. The lowest BCUT2D eigenvalue weighted by molar-refractivity contribution is -0.146. The van der Waals surface area contributed by atoms with Crippen LogP contribution in [0.15, 0.2) is 0 Å². The smallest absolute Gasteiger partial charge is 0.321 e. The van der Waals surface area contributed by atoms with Crippen molar-refractivity contribution >= 4 is 5.97 Å². The van der Waals surface area contributed by atoms with Crippen molar-refractivity contribution in [3.05, 3.63) is 0 Å². The van der Waals surface area contributed by atoms with E-state index in [2.05, 4.69) is 10.2 Å². The van der Waals surface area contributed by atoms with E-state index >= 15 is 0 Å². The number of aliphatic carboxylic acids is 1. The molecular weight excluding hydrogens is 204 g/mol. The number of nitrogens with one attached hydrogen (secondary N) is 1. The molecule has 0 aromatic heterocycles. The number of carboxylic acids is 1. The van der Waals surface area contributed by atoms with Crippen LogP contribution in [0.25, 0.3) is 0 Å². The molecule has 16 heavy (non-hydrogen) atoms. The highest BCUT2D eigenvalue weighted by Crippen LogP contribution is 2.29. The number of nitrogens with zero attached hydrogens (tertiary/aromatic N) is 1. The van der Waals surface area contributed by atoms with Crippen LogP contribution in [0.4, 0.5) is 0 Å². The maximum Gasteiger partial charge on any atom is 0.321 e. The Hall–Kier alpha value is -0.610. The second-order valence-corrected chi connectivity index (χ2v) is 4.97. The zero-order chi connectivity index (χ0) is 11.4. The first-order chi connectivity index (χ1) is 7.79. The molecule has 1 aliphatic heterocycles. The Bertz CT molecular complexity index is 215. The van der Waals surface area contributed by atoms with E-state index in [1.165, 1.54) is 19.3 Å². The van der Waals surface area contributed by atoms with Gasteiger partial charge in [0.1, 0.15) is 6.04 Å². The van der Waals surface area contributed by atoms with E-state index in [4.69, 9.17) is 0 Å². The average molecular weight is 226 g/mol. The van der Waals surface area contributed by atoms with Crippen LogP contribution in [-0.2, 0) is 4.79 Å². The lowest BCUT2D eigenvalue weighted by atomic mass is 9.83. The van der Waals surface area contributed by atoms with Gasteiger partial charge in [0.2, 0.25) is 0 Å². The molecule has 0 bridgehead atoms. The molecule has 0 spiro atoms. The maximum absolute atomic E-state index is 11.4. The van der Waals surface area contributed by atoms with Crippen molar-refractivity contribution in [2.45, 2.75) is 38.1 Å². The average Bonchev–Trinajstić information content (AvgIpc) is 2.31. The molecule has 2 aliphatic rings. The molecule has 1 heterocycles. The van der Waals surface area contributed by atoms with Gasteiger partial charge in [0.05, 0.1) is 0 Å². The number of hydrogen-bond acceptors (Lipinski definition) is 3. The quantitative estimate of drug-likeness (QED) is 0.751. The molecule has 0 radical (unpaired) electrons. The summed E-state index contributed by atoms with van der Waals surface area (Å²) in [7, 11) is 0. The summed E-state index contributed by atoms with van der Waals surface area (Å²) in [5, 5.41) is 12.7. The predicted octanol–water partition coefficient (Wildman–Crippen LogP) is 0.925. The summed E-state index contributed by atoms with van der Waals surface area (Å²) in [5.74, 6) is -0.238. The number of hydrogen-bond donors (Lipinski definition) is 2. The van der Waals surface area contributed by atoms with Crippen molar-refractivity contribution in [2.75, 3.05) is 26.2 Å². The van der Waals surface area contributed by atoms with Gasteiger partial charge >= 0.3 is 5.97 Å². The summed E-state index contributed by atoms with van der Waals surface area (Å²) < 4.78 is 0.